The molecule has 3 heteroatoms. The smallest absolute Gasteiger partial charge is 0.314 e. The van der Waals surface area contributed by atoms with E-state index >= 15 is 0 Å². The van der Waals surface area contributed by atoms with Gasteiger partial charge in [-0.3, -0.25) is 4.79 Å². The van der Waals surface area contributed by atoms with Crippen LogP contribution in [-0.4, -0.2) is 25.3 Å². The largest absolute Gasteiger partial charge is 0.465 e. The lowest BCUT2D eigenvalue weighted by atomic mass is 9.79. The minimum absolute atomic E-state index is 0.0155. The number of carbonyl (C=O) groups excluding carboxylic acids is 1. The summed E-state index contributed by atoms with van der Waals surface area (Å²) in [5.41, 5.74) is -0.375. The second-order valence-electron chi connectivity index (χ2n) is 6.44. The molecule has 0 spiro atoms. The summed E-state index contributed by atoms with van der Waals surface area (Å²) in [5.74, 6) is 0.372. The SMILES string of the molecule is CCCCCC1(C(=O)OCC(C)C)CCCC1OCC. The predicted molar refractivity (Wildman–Crippen MR) is 81.6 cm³/mol. The average molecular weight is 284 g/mol. The van der Waals surface area contributed by atoms with Crippen LogP contribution in [0, 0.1) is 11.3 Å². The summed E-state index contributed by atoms with van der Waals surface area (Å²) >= 11 is 0. The molecule has 0 radical (unpaired) electrons. The third-order valence-corrected chi connectivity index (χ3v) is 4.25. The normalized spacial score (nSPS) is 26.1. The molecule has 1 fully saturated rings. The summed E-state index contributed by atoms with van der Waals surface area (Å²) in [6.07, 6.45) is 7.43. The number of carbonyl (C=O) groups is 1. The molecule has 1 rings (SSSR count). The maximum absolute atomic E-state index is 12.6. The van der Waals surface area contributed by atoms with Crippen molar-refractivity contribution >= 4 is 5.97 Å². The summed E-state index contributed by atoms with van der Waals surface area (Å²) in [7, 11) is 0. The van der Waals surface area contributed by atoms with E-state index in [-0.39, 0.29) is 17.5 Å². The number of esters is 1. The van der Waals surface area contributed by atoms with E-state index in [1.165, 1.54) is 12.8 Å². The molecule has 20 heavy (non-hydrogen) atoms. The van der Waals surface area contributed by atoms with Gasteiger partial charge in [0.05, 0.1) is 18.1 Å². The van der Waals surface area contributed by atoms with Crippen molar-refractivity contribution in [2.75, 3.05) is 13.2 Å². The van der Waals surface area contributed by atoms with E-state index in [9.17, 15) is 4.79 Å². The molecule has 0 amide bonds. The molecular formula is C17H32O3. The van der Waals surface area contributed by atoms with Crippen molar-refractivity contribution in [1.82, 2.24) is 0 Å². The lowest BCUT2D eigenvalue weighted by Gasteiger charge is -2.33. The fourth-order valence-corrected chi connectivity index (χ4v) is 3.18. The van der Waals surface area contributed by atoms with Gasteiger partial charge in [-0.2, -0.15) is 0 Å². The van der Waals surface area contributed by atoms with Crippen molar-refractivity contribution in [2.24, 2.45) is 11.3 Å². The number of unbranched alkanes of at least 4 members (excludes halogenated alkanes) is 2. The fraction of sp³-hybridized carbons (Fsp3) is 0.941. The van der Waals surface area contributed by atoms with Crippen molar-refractivity contribution in [3.63, 3.8) is 0 Å². The van der Waals surface area contributed by atoms with E-state index in [1.807, 2.05) is 6.92 Å². The lowest BCUT2D eigenvalue weighted by Crippen LogP contribution is -2.41. The highest BCUT2D eigenvalue weighted by molar-refractivity contribution is 5.78. The maximum Gasteiger partial charge on any atom is 0.314 e. The van der Waals surface area contributed by atoms with E-state index < -0.39 is 0 Å². The van der Waals surface area contributed by atoms with Crippen molar-refractivity contribution in [1.29, 1.82) is 0 Å². The molecule has 118 valence electrons. The van der Waals surface area contributed by atoms with Gasteiger partial charge in [-0.15, -0.1) is 0 Å². The van der Waals surface area contributed by atoms with Crippen LogP contribution >= 0.6 is 0 Å². The molecule has 0 heterocycles. The van der Waals surface area contributed by atoms with Crippen LogP contribution in [0.15, 0.2) is 0 Å². The Bertz CT molecular complexity index is 288. The minimum atomic E-state index is -0.375. The van der Waals surface area contributed by atoms with E-state index in [2.05, 4.69) is 20.8 Å². The Balaban J connectivity index is 2.74. The van der Waals surface area contributed by atoms with Crippen LogP contribution in [0.25, 0.3) is 0 Å². The van der Waals surface area contributed by atoms with Crippen molar-refractivity contribution in [3.8, 4) is 0 Å². The second-order valence-corrected chi connectivity index (χ2v) is 6.44. The summed E-state index contributed by atoms with van der Waals surface area (Å²) in [4.78, 5) is 12.6. The first-order valence-corrected chi connectivity index (χ1v) is 8.35. The van der Waals surface area contributed by atoms with Gasteiger partial charge in [0.2, 0.25) is 0 Å². The molecule has 1 aliphatic rings. The molecule has 0 aliphatic heterocycles. The third kappa shape index (κ3) is 4.47. The Morgan fingerprint density at radius 2 is 2.05 bits per heavy atom. The van der Waals surface area contributed by atoms with Gasteiger partial charge in [-0.25, -0.2) is 0 Å². The Kier molecular flexibility index (Phi) is 7.57. The molecule has 0 bridgehead atoms. The van der Waals surface area contributed by atoms with Crippen molar-refractivity contribution < 1.29 is 14.3 Å². The number of ether oxygens (including phenoxy) is 2. The highest BCUT2D eigenvalue weighted by Crippen LogP contribution is 2.45. The Morgan fingerprint density at radius 3 is 2.65 bits per heavy atom. The molecule has 3 nitrogen and oxygen atoms in total. The van der Waals surface area contributed by atoms with Crippen LogP contribution < -0.4 is 0 Å². The Hall–Kier alpha value is -0.570. The first-order chi connectivity index (χ1) is 9.56. The molecule has 1 aliphatic carbocycles. The Morgan fingerprint density at radius 1 is 1.30 bits per heavy atom. The monoisotopic (exact) mass is 284 g/mol. The molecule has 2 atom stereocenters. The zero-order valence-corrected chi connectivity index (χ0v) is 13.7. The standard InChI is InChI=1S/C17H32O3/c1-5-7-8-11-17(16(18)20-13-14(3)4)12-9-10-15(17)19-6-2/h14-15H,5-13H2,1-4H3. The topological polar surface area (TPSA) is 35.5 Å². The first-order valence-electron chi connectivity index (χ1n) is 8.35. The summed E-state index contributed by atoms with van der Waals surface area (Å²) in [5, 5.41) is 0. The van der Waals surface area contributed by atoms with Gasteiger partial charge in [-0.05, 0) is 38.5 Å². The third-order valence-electron chi connectivity index (χ3n) is 4.25. The predicted octanol–water partition coefficient (Wildman–Crippen LogP) is 4.34. The molecule has 0 saturated heterocycles. The van der Waals surface area contributed by atoms with Crippen LogP contribution in [-0.2, 0) is 14.3 Å². The van der Waals surface area contributed by atoms with Gasteiger partial charge in [-0.1, -0.05) is 40.0 Å². The van der Waals surface area contributed by atoms with Crippen LogP contribution in [0.5, 0.6) is 0 Å². The molecule has 0 aromatic rings. The van der Waals surface area contributed by atoms with Crippen LogP contribution in [0.1, 0.15) is 72.6 Å². The van der Waals surface area contributed by atoms with Gasteiger partial charge < -0.3 is 9.47 Å². The second kappa shape index (κ2) is 8.66. The molecule has 0 aromatic heterocycles. The highest BCUT2D eigenvalue weighted by atomic mass is 16.5. The number of hydrogen-bond donors (Lipinski definition) is 0. The van der Waals surface area contributed by atoms with Gasteiger partial charge in [0.1, 0.15) is 0 Å². The maximum atomic E-state index is 12.6. The minimum Gasteiger partial charge on any atom is -0.465 e. The van der Waals surface area contributed by atoms with E-state index in [0.29, 0.717) is 19.1 Å². The highest BCUT2D eigenvalue weighted by Gasteiger charge is 2.50. The first kappa shape index (κ1) is 17.5. The molecule has 0 aromatic carbocycles. The van der Waals surface area contributed by atoms with Crippen LogP contribution in [0.4, 0.5) is 0 Å². The summed E-state index contributed by atoms with van der Waals surface area (Å²) in [6.45, 7) is 9.55. The van der Waals surface area contributed by atoms with Gasteiger partial charge in [0.25, 0.3) is 0 Å². The van der Waals surface area contributed by atoms with E-state index in [4.69, 9.17) is 9.47 Å². The molecule has 2 unspecified atom stereocenters. The van der Waals surface area contributed by atoms with Gasteiger partial charge >= 0.3 is 5.97 Å². The van der Waals surface area contributed by atoms with Gasteiger partial charge in [0, 0.05) is 6.61 Å². The van der Waals surface area contributed by atoms with Crippen molar-refractivity contribution in [2.45, 2.75) is 78.7 Å². The molecule has 0 N–H and O–H groups in total. The lowest BCUT2D eigenvalue weighted by molar-refractivity contribution is -0.166. The van der Waals surface area contributed by atoms with Crippen molar-refractivity contribution in [3.05, 3.63) is 0 Å². The van der Waals surface area contributed by atoms with E-state index in [1.54, 1.807) is 0 Å². The van der Waals surface area contributed by atoms with Gasteiger partial charge in [0.15, 0.2) is 0 Å². The van der Waals surface area contributed by atoms with E-state index in [0.717, 1.165) is 32.1 Å². The summed E-state index contributed by atoms with van der Waals surface area (Å²) < 4.78 is 11.5. The molecular weight excluding hydrogens is 252 g/mol. The Labute approximate surface area is 124 Å². The zero-order chi connectivity index (χ0) is 15.0. The number of hydrogen-bond acceptors (Lipinski definition) is 3. The summed E-state index contributed by atoms with van der Waals surface area (Å²) in [6, 6.07) is 0. The van der Waals surface area contributed by atoms with Crippen LogP contribution in [0.3, 0.4) is 0 Å². The fourth-order valence-electron chi connectivity index (χ4n) is 3.18. The number of rotatable bonds is 9. The average Bonchev–Trinajstić information content (AvgIpc) is 2.81. The van der Waals surface area contributed by atoms with Crippen LogP contribution in [0.2, 0.25) is 0 Å². The molecule has 1 saturated carbocycles. The zero-order valence-electron chi connectivity index (χ0n) is 13.7. The quantitative estimate of drug-likeness (QED) is 0.466.